The number of carbonyl (C=O) groups excluding carboxylic acids is 1. The van der Waals surface area contributed by atoms with Crippen molar-refractivity contribution in [1.82, 2.24) is 0 Å². The Morgan fingerprint density at radius 1 is 1.35 bits per heavy atom. The zero-order valence-electron chi connectivity index (χ0n) is 11.9. The summed E-state index contributed by atoms with van der Waals surface area (Å²) in [6, 6.07) is 2.68. The summed E-state index contributed by atoms with van der Waals surface area (Å²) >= 11 is 0. The fourth-order valence-electron chi connectivity index (χ4n) is 1.73. The Bertz CT molecular complexity index is 699. The van der Waals surface area contributed by atoms with Crippen LogP contribution in [0, 0.1) is 0 Å². The highest BCUT2D eigenvalue weighted by Crippen LogP contribution is 2.42. The minimum atomic E-state index is -3.74. The Labute approximate surface area is 137 Å². The van der Waals surface area contributed by atoms with Crippen LogP contribution in [0.25, 0.3) is 0 Å². The molecule has 3 N–H and O–H groups in total. The standard InChI is InChI=1S/C12H14F2N2O5S.ClH/c1-22(18,19)5-4-8(15)11(17)16-7-2-3-9-10(6-7)21-12(13,14)20-9;/h2-3,6,8H,4-5,15H2,1H3,(H,16,17);1H. The predicted octanol–water partition coefficient (Wildman–Crippen LogP) is 1.13. The first kappa shape index (κ1) is 19.4. The number of rotatable bonds is 5. The largest absolute Gasteiger partial charge is 0.586 e. The molecule has 0 saturated carbocycles. The van der Waals surface area contributed by atoms with Gasteiger partial charge >= 0.3 is 6.29 Å². The van der Waals surface area contributed by atoms with Gasteiger partial charge < -0.3 is 20.5 Å². The number of halogens is 3. The summed E-state index contributed by atoms with van der Waals surface area (Å²) in [6.45, 7) is 0. The number of carbonyl (C=O) groups is 1. The minimum Gasteiger partial charge on any atom is -0.395 e. The monoisotopic (exact) mass is 372 g/mol. The van der Waals surface area contributed by atoms with Gasteiger partial charge in [-0.1, -0.05) is 0 Å². The van der Waals surface area contributed by atoms with Crippen molar-refractivity contribution in [3.05, 3.63) is 18.2 Å². The zero-order chi connectivity index (χ0) is 16.5. The summed E-state index contributed by atoms with van der Waals surface area (Å²) in [6.07, 6.45) is -2.75. The van der Waals surface area contributed by atoms with Gasteiger partial charge in [-0.05, 0) is 18.6 Å². The highest BCUT2D eigenvalue weighted by Gasteiger charge is 2.43. The summed E-state index contributed by atoms with van der Waals surface area (Å²) in [5, 5.41) is 2.40. The van der Waals surface area contributed by atoms with Crippen LogP contribution in [0.1, 0.15) is 6.42 Å². The van der Waals surface area contributed by atoms with Gasteiger partial charge in [0.15, 0.2) is 11.5 Å². The Kier molecular flexibility index (Phi) is 5.78. The van der Waals surface area contributed by atoms with Crippen LogP contribution >= 0.6 is 12.4 Å². The van der Waals surface area contributed by atoms with Gasteiger partial charge in [0.05, 0.1) is 11.8 Å². The average Bonchev–Trinajstić information content (AvgIpc) is 2.68. The molecule has 0 aromatic heterocycles. The molecule has 0 aliphatic carbocycles. The van der Waals surface area contributed by atoms with Crippen molar-refractivity contribution >= 4 is 33.8 Å². The quantitative estimate of drug-likeness (QED) is 0.802. The van der Waals surface area contributed by atoms with E-state index in [9.17, 15) is 22.0 Å². The lowest BCUT2D eigenvalue weighted by atomic mass is 10.2. The van der Waals surface area contributed by atoms with Crippen molar-refractivity contribution in [3.63, 3.8) is 0 Å². The van der Waals surface area contributed by atoms with Gasteiger partial charge in [-0.15, -0.1) is 21.2 Å². The van der Waals surface area contributed by atoms with Gasteiger partial charge in [-0.2, -0.15) is 0 Å². The van der Waals surface area contributed by atoms with Crippen LogP contribution in [0.4, 0.5) is 14.5 Å². The number of nitrogens with two attached hydrogens (primary N) is 1. The minimum absolute atomic E-state index is 0. The zero-order valence-corrected chi connectivity index (χ0v) is 13.5. The second kappa shape index (κ2) is 6.85. The molecule has 11 heteroatoms. The van der Waals surface area contributed by atoms with Gasteiger partial charge in [-0.3, -0.25) is 4.79 Å². The van der Waals surface area contributed by atoms with E-state index in [2.05, 4.69) is 14.8 Å². The van der Waals surface area contributed by atoms with Crippen LogP contribution in [0.3, 0.4) is 0 Å². The average molecular weight is 373 g/mol. The first-order chi connectivity index (χ1) is 10.1. The van der Waals surface area contributed by atoms with Crippen LogP contribution in [0.5, 0.6) is 11.5 Å². The molecule has 0 spiro atoms. The third-order valence-electron chi connectivity index (χ3n) is 2.81. The molecular formula is C12H15ClF2N2O5S. The van der Waals surface area contributed by atoms with Gasteiger partial charge in [0.2, 0.25) is 5.91 Å². The van der Waals surface area contributed by atoms with Crippen molar-refractivity contribution in [2.24, 2.45) is 5.73 Å². The van der Waals surface area contributed by atoms with Crippen molar-refractivity contribution in [2.45, 2.75) is 18.8 Å². The number of sulfone groups is 1. The number of benzene rings is 1. The lowest BCUT2D eigenvalue weighted by molar-refractivity contribution is -0.286. The first-order valence-corrected chi connectivity index (χ1v) is 8.26. The van der Waals surface area contributed by atoms with E-state index in [1.54, 1.807) is 0 Å². The Morgan fingerprint density at radius 3 is 2.57 bits per heavy atom. The van der Waals surface area contributed by atoms with Gasteiger partial charge in [-0.25, -0.2) is 8.42 Å². The molecule has 1 aromatic carbocycles. The van der Waals surface area contributed by atoms with Crippen molar-refractivity contribution in [3.8, 4) is 11.5 Å². The Balaban J connectivity index is 0.00000264. The van der Waals surface area contributed by atoms with Crippen LogP contribution in [-0.2, 0) is 14.6 Å². The number of nitrogens with one attached hydrogen (secondary N) is 1. The molecule has 23 heavy (non-hydrogen) atoms. The summed E-state index contributed by atoms with van der Waals surface area (Å²) < 4.78 is 56.2. The number of ether oxygens (including phenoxy) is 2. The Morgan fingerprint density at radius 2 is 1.96 bits per heavy atom. The summed E-state index contributed by atoms with van der Waals surface area (Å²) in [5.74, 6) is -1.22. The van der Waals surface area contributed by atoms with Gasteiger partial charge in [0.1, 0.15) is 9.84 Å². The second-order valence-electron chi connectivity index (χ2n) is 4.84. The van der Waals surface area contributed by atoms with Crippen molar-refractivity contribution in [1.29, 1.82) is 0 Å². The van der Waals surface area contributed by atoms with E-state index in [1.807, 2.05) is 0 Å². The van der Waals surface area contributed by atoms with Crippen LogP contribution in [0.15, 0.2) is 18.2 Å². The molecule has 1 amide bonds. The number of hydrogen-bond donors (Lipinski definition) is 2. The molecule has 1 aliphatic rings. The van der Waals surface area contributed by atoms with E-state index in [0.717, 1.165) is 12.3 Å². The fraction of sp³-hybridized carbons (Fsp3) is 0.417. The molecule has 130 valence electrons. The SMILES string of the molecule is CS(=O)(=O)CCC(N)C(=O)Nc1ccc2c(c1)OC(F)(F)O2.Cl. The Hall–Kier alpha value is -1.65. The molecule has 0 bridgehead atoms. The second-order valence-corrected chi connectivity index (χ2v) is 7.10. The van der Waals surface area contributed by atoms with Crippen LogP contribution in [0.2, 0.25) is 0 Å². The number of fused-ring (bicyclic) bond motifs is 1. The smallest absolute Gasteiger partial charge is 0.395 e. The number of hydrogen-bond acceptors (Lipinski definition) is 6. The highest BCUT2D eigenvalue weighted by atomic mass is 35.5. The van der Waals surface area contributed by atoms with Crippen LogP contribution in [-0.4, -0.2) is 38.7 Å². The van der Waals surface area contributed by atoms with E-state index < -0.39 is 28.1 Å². The van der Waals surface area contributed by atoms with Crippen molar-refractivity contribution < 1.29 is 31.5 Å². The number of amides is 1. The molecule has 0 radical (unpaired) electrons. The number of anilines is 1. The van der Waals surface area contributed by atoms with Gasteiger partial charge in [0.25, 0.3) is 0 Å². The van der Waals surface area contributed by atoms with E-state index in [4.69, 9.17) is 5.73 Å². The van der Waals surface area contributed by atoms with E-state index in [0.29, 0.717) is 0 Å². The summed E-state index contributed by atoms with van der Waals surface area (Å²) in [7, 11) is -3.23. The molecule has 1 unspecified atom stereocenters. The molecule has 0 fully saturated rings. The molecule has 2 rings (SSSR count). The van der Waals surface area contributed by atoms with Gasteiger partial charge in [0, 0.05) is 18.0 Å². The van der Waals surface area contributed by atoms with E-state index in [-0.39, 0.29) is 41.8 Å². The molecule has 1 atom stereocenters. The topological polar surface area (TPSA) is 108 Å². The molecular weight excluding hydrogens is 358 g/mol. The predicted molar refractivity (Wildman–Crippen MR) is 80.8 cm³/mol. The summed E-state index contributed by atoms with van der Waals surface area (Å²) in [5.41, 5.74) is 5.76. The molecule has 1 aromatic rings. The molecule has 1 aliphatic heterocycles. The number of alkyl halides is 2. The maximum atomic E-state index is 12.9. The highest BCUT2D eigenvalue weighted by molar-refractivity contribution is 7.90. The fourth-order valence-corrected chi connectivity index (χ4v) is 2.42. The molecule has 7 nitrogen and oxygen atoms in total. The summed E-state index contributed by atoms with van der Waals surface area (Å²) in [4.78, 5) is 11.8. The maximum Gasteiger partial charge on any atom is 0.586 e. The third-order valence-corrected chi connectivity index (χ3v) is 3.78. The lowest BCUT2D eigenvalue weighted by Crippen LogP contribution is -2.37. The normalized spacial score (nSPS) is 16.3. The van der Waals surface area contributed by atoms with Crippen molar-refractivity contribution in [2.75, 3.05) is 17.3 Å². The molecule has 1 heterocycles. The third kappa shape index (κ3) is 5.48. The van der Waals surface area contributed by atoms with E-state index >= 15 is 0 Å². The van der Waals surface area contributed by atoms with Crippen LogP contribution < -0.4 is 20.5 Å². The molecule has 0 saturated heterocycles. The maximum absolute atomic E-state index is 12.9. The lowest BCUT2D eigenvalue weighted by Gasteiger charge is -2.12. The van der Waals surface area contributed by atoms with E-state index in [1.165, 1.54) is 12.1 Å². The first-order valence-electron chi connectivity index (χ1n) is 6.20.